The Kier molecular flexibility index (Phi) is 3.93. The topological polar surface area (TPSA) is 79.5 Å². The Morgan fingerprint density at radius 1 is 1.47 bits per heavy atom. The highest BCUT2D eigenvalue weighted by molar-refractivity contribution is 5.91. The molecule has 0 aliphatic rings. The standard InChI is InChI=1S/C12H17NO4/c1-4-12(3,11(15)16)7-13-10(14)9-6-5-8(2)17-9/h5-6H,4,7H2,1-3H3,(H,13,14)(H,15,16). The molecule has 1 aromatic rings. The summed E-state index contributed by atoms with van der Waals surface area (Å²) in [7, 11) is 0. The number of carbonyl (C=O) groups excluding carboxylic acids is 1. The molecule has 1 unspecified atom stereocenters. The van der Waals surface area contributed by atoms with Gasteiger partial charge in [-0.2, -0.15) is 0 Å². The van der Waals surface area contributed by atoms with Crippen LogP contribution in [0.25, 0.3) is 0 Å². The van der Waals surface area contributed by atoms with E-state index in [-0.39, 0.29) is 18.2 Å². The minimum absolute atomic E-state index is 0.0808. The van der Waals surface area contributed by atoms with Gasteiger partial charge in [0, 0.05) is 6.54 Å². The van der Waals surface area contributed by atoms with Crippen molar-refractivity contribution in [1.82, 2.24) is 5.32 Å². The van der Waals surface area contributed by atoms with E-state index in [1.807, 2.05) is 0 Å². The van der Waals surface area contributed by atoms with Crippen molar-refractivity contribution in [1.29, 1.82) is 0 Å². The highest BCUT2D eigenvalue weighted by Gasteiger charge is 2.31. The van der Waals surface area contributed by atoms with Crippen LogP contribution in [0.5, 0.6) is 0 Å². The van der Waals surface area contributed by atoms with Crippen LogP contribution >= 0.6 is 0 Å². The molecule has 5 heteroatoms. The Hall–Kier alpha value is -1.78. The van der Waals surface area contributed by atoms with Gasteiger partial charge in [0.25, 0.3) is 5.91 Å². The van der Waals surface area contributed by atoms with Gasteiger partial charge in [-0.1, -0.05) is 6.92 Å². The number of hydrogen-bond acceptors (Lipinski definition) is 3. The molecule has 0 spiro atoms. The Bertz CT molecular complexity index is 424. The van der Waals surface area contributed by atoms with E-state index in [9.17, 15) is 9.59 Å². The van der Waals surface area contributed by atoms with Gasteiger partial charge >= 0.3 is 5.97 Å². The number of amides is 1. The largest absolute Gasteiger partial charge is 0.481 e. The summed E-state index contributed by atoms with van der Waals surface area (Å²) in [4.78, 5) is 22.7. The summed E-state index contributed by atoms with van der Waals surface area (Å²) in [6.45, 7) is 5.20. The lowest BCUT2D eigenvalue weighted by Crippen LogP contribution is -2.40. The van der Waals surface area contributed by atoms with E-state index in [1.54, 1.807) is 32.9 Å². The van der Waals surface area contributed by atoms with Crippen LogP contribution in [-0.4, -0.2) is 23.5 Å². The molecule has 2 N–H and O–H groups in total. The molecule has 0 bridgehead atoms. The second kappa shape index (κ2) is 5.03. The maximum absolute atomic E-state index is 11.6. The summed E-state index contributed by atoms with van der Waals surface area (Å²) in [6.07, 6.45) is 0.444. The molecule has 1 aromatic heterocycles. The van der Waals surface area contributed by atoms with Crippen LogP contribution in [0.4, 0.5) is 0 Å². The number of rotatable bonds is 5. The highest BCUT2D eigenvalue weighted by atomic mass is 16.4. The van der Waals surface area contributed by atoms with E-state index in [2.05, 4.69) is 5.32 Å². The number of carboxylic acid groups (broad SMARTS) is 1. The smallest absolute Gasteiger partial charge is 0.311 e. The molecule has 1 heterocycles. The second-order valence-electron chi connectivity index (χ2n) is 4.31. The molecule has 1 atom stereocenters. The van der Waals surface area contributed by atoms with Crippen LogP contribution in [0.3, 0.4) is 0 Å². The van der Waals surface area contributed by atoms with Gasteiger partial charge in [0.15, 0.2) is 5.76 Å². The first-order valence-corrected chi connectivity index (χ1v) is 5.47. The maximum atomic E-state index is 11.6. The lowest BCUT2D eigenvalue weighted by atomic mass is 9.88. The third kappa shape index (κ3) is 3.09. The van der Waals surface area contributed by atoms with Gasteiger partial charge in [-0.25, -0.2) is 0 Å². The zero-order valence-corrected chi connectivity index (χ0v) is 10.2. The van der Waals surface area contributed by atoms with Gasteiger partial charge in [-0.3, -0.25) is 9.59 Å². The normalized spacial score (nSPS) is 14.1. The van der Waals surface area contributed by atoms with Crippen molar-refractivity contribution in [3.63, 3.8) is 0 Å². The van der Waals surface area contributed by atoms with Gasteiger partial charge in [0.1, 0.15) is 5.76 Å². The quantitative estimate of drug-likeness (QED) is 0.821. The lowest BCUT2D eigenvalue weighted by molar-refractivity contribution is -0.147. The fourth-order valence-electron chi connectivity index (χ4n) is 1.27. The van der Waals surface area contributed by atoms with Crippen LogP contribution in [0.15, 0.2) is 16.5 Å². The van der Waals surface area contributed by atoms with Crippen molar-refractivity contribution >= 4 is 11.9 Å². The number of furan rings is 1. The summed E-state index contributed by atoms with van der Waals surface area (Å²) in [5, 5.41) is 11.6. The molecule has 0 saturated carbocycles. The first-order valence-electron chi connectivity index (χ1n) is 5.47. The van der Waals surface area contributed by atoms with Crippen molar-refractivity contribution in [2.45, 2.75) is 27.2 Å². The van der Waals surface area contributed by atoms with E-state index in [0.717, 1.165) is 0 Å². The van der Waals surface area contributed by atoms with Crippen LogP contribution in [0.1, 0.15) is 36.6 Å². The maximum Gasteiger partial charge on any atom is 0.311 e. The molecule has 0 aliphatic carbocycles. The summed E-state index contributed by atoms with van der Waals surface area (Å²) in [5.41, 5.74) is -0.947. The van der Waals surface area contributed by atoms with Gasteiger partial charge in [-0.05, 0) is 32.4 Å². The molecule has 0 aliphatic heterocycles. The van der Waals surface area contributed by atoms with Gasteiger partial charge in [0.2, 0.25) is 0 Å². The average molecular weight is 239 g/mol. The van der Waals surface area contributed by atoms with Crippen LogP contribution in [-0.2, 0) is 4.79 Å². The van der Waals surface area contributed by atoms with E-state index in [1.165, 1.54) is 0 Å². The average Bonchev–Trinajstić information content (AvgIpc) is 2.72. The minimum Gasteiger partial charge on any atom is -0.481 e. The van der Waals surface area contributed by atoms with Gasteiger partial charge in [0.05, 0.1) is 5.41 Å². The Labute approximate surface area is 99.8 Å². The fraction of sp³-hybridized carbons (Fsp3) is 0.500. The number of hydrogen-bond donors (Lipinski definition) is 2. The first-order chi connectivity index (χ1) is 7.89. The molecule has 5 nitrogen and oxygen atoms in total. The van der Waals surface area contributed by atoms with E-state index >= 15 is 0 Å². The van der Waals surface area contributed by atoms with Crippen molar-refractivity contribution in [3.8, 4) is 0 Å². The number of aliphatic carboxylic acids is 1. The number of nitrogens with one attached hydrogen (secondary N) is 1. The SMILES string of the molecule is CCC(C)(CNC(=O)c1ccc(C)o1)C(=O)O. The monoisotopic (exact) mass is 239 g/mol. The predicted octanol–water partition coefficient (Wildman–Crippen LogP) is 1.82. The Balaban J connectivity index is 2.62. The van der Waals surface area contributed by atoms with Crippen molar-refractivity contribution < 1.29 is 19.1 Å². The first kappa shape index (κ1) is 13.3. The highest BCUT2D eigenvalue weighted by Crippen LogP contribution is 2.20. The third-order valence-corrected chi connectivity index (χ3v) is 2.90. The molecule has 0 radical (unpaired) electrons. The molecular weight excluding hydrogens is 222 g/mol. The zero-order chi connectivity index (χ0) is 13.1. The summed E-state index contributed by atoms with van der Waals surface area (Å²) < 4.78 is 5.15. The second-order valence-corrected chi connectivity index (χ2v) is 4.31. The molecule has 0 aromatic carbocycles. The van der Waals surface area contributed by atoms with Gasteiger partial charge < -0.3 is 14.8 Å². The van der Waals surface area contributed by atoms with Crippen molar-refractivity contribution in [2.75, 3.05) is 6.54 Å². The van der Waals surface area contributed by atoms with Gasteiger partial charge in [-0.15, -0.1) is 0 Å². The molecule has 0 fully saturated rings. The summed E-state index contributed by atoms with van der Waals surface area (Å²) in [6, 6.07) is 3.25. The molecule has 1 rings (SSSR count). The Morgan fingerprint density at radius 3 is 2.53 bits per heavy atom. The summed E-state index contributed by atoms with van der Waals surface area (Å²) >= 11 is 0. The molecule has 1 amide bonds. The predicted molar refractivity (Wildman–Crippen MR) is 61.8 cm³/mol. The van der Waals surface area contributed by atoms with Crippen LogP contribution in [0.2, 0.25) is 0 Å². The minimum atomic E-state index is -0.947. The molecule has 94 valence electrons. The van der Waals surface area contributed by atoms with Crippen LogP contribution in [0, 0.1) is 12.3 Å². The number of carboxylic acids is 1. The van der Waals surface area contributed by atoms with E-state index < -0.39 is 11.4 Å². The van der Waals surface area contributed by atoms with Crippen LogP contribution < -0.4 is 5.32 Å². The van der Waals surface area contributed by atoms with E-state index in [0.29, 0.717) is 12.2 Å². The number of carbonyl (C=O) groups is 2. The summed E-state index contributed by atoms with van der Waals surface area (Å²) in [5.74, 6) is -0.465. The van der Waals surface area contributed by atoms with E-state index in [4.69, 9.17) is 9.52 Å². The lowest BCUT2D eigenvalue weighted by Gasteiger charge is -2.22. The van der Waals surface area contributed by atoms with Crippen molar-refractivity contribution in [3.05, 3.63) is 23.7 Å². The third-order valence-electron chi connectivity index (χ3n) is 2.90. The number of aryl methyl sites for hydroxylation is 1. The van der Waals surface area contributed by atoms with Crippen molar-refractivity contribution in [2.24, 2.45) is 5.41 Å². The Morgan fingerprint density at radius 2 is 2.12 bits per heavy atom. The molecule has 17 heavy (non-hydrogen) atoms. The molecular formula is C12H17NO4. The molecule has 0 saturated heterocycles. The fourth-order valence-corrected chi connectivity index (χ4v) is 1.27. The zero-order valence-electron chi connectivity index (χ0n) is 10.2.